The van der Waals surface area contributed by atoms with Crippen LogP contribution in [0.5, 0.6) is 0 Å². The van der Waals surface area contributed by atoms with Gasteiger partial charge in [-0.3, -0.25) is 4.79 Å². The highest BCUT2D eigenvalue weighted by atomic mass is 35.5. The average molecular weight is 380 g/mol. The summed E-state index contributed by atoms with van der Waals surface area (Å²) >= 11 is 6.03. The van der Waals surface area contributed by atoms with Gasteiger partial charge in [0.05, 0.1) is 11.4 Å². The molecule has 3 aliphatic heterocycles. The number of anilines is 2. The molecule has 0 unspecified atom stereocenters. The van der Waals surface area contributed by atoms with Gasteiger partial charge in [-0.05, 0) is 68.5 Å². The molecular weight excluding hydrogens is 358 g/mol. The maximum atomic E-state index is 13.8. The highest BCUT2D eigenvalue weighted by Crippen LogP contribution is 2.49. The molecule has 5 heteroatoms. The zero-order valence-corrected chi connectivity index (χ0v) is 16.1. The Morgan fingerprint density at radius 3 is 2.70 bits per heavy atom. The van der Waals surface area contributed by atoms with Gasteiger partial charge in [0, 0.05) is 23.3 Å². The fraction of sp³-hybridized carbons (Fsp3) is 0.364. The van der Waals surface area contributed by atoms with Gasteiger partial charge in [0.15, 0.2) is 0 Å². The van der Waals surface area contributed by atoms with E-state index >= 15 is 0 Å². The van der Waals surface area contributed by atoms with Crippen LogP contribution in [0.3, 0.4) is 0 Å². The van der Waals surface area contributed by atoms with Gasteiger partial charge in [0.25, 0.3) is 5.91 Å². The quantitative estimate of drug-likeness (QED) is 0.722. The molecule has 3 heterocycles. The lowest BCUT2D eigenvalue weighted by Gasteiger charge is -2.51. The molecule has 0 radical (unpaired) electrons. The number of amides is 1. The summed E-state index contributed by atoms with van der Waals surface area (Å²) in [4.78, 5) is 16.3. The predicted molar refractivity (Wildman–Crippen MR) is 110 cm³/mol. The molecule has 0 N–H and O–H groups in total. The second kappa shape index (κ2) is 6.10. The Kier molecular flexibility index (Phi) is 3.80. The minimum Gasteiger partial charge on any atom is -0.367 e. The molecule has 5 rings (SSSR count). The lowest BCUT2D eigenvalue weighted by molar-refractivity contribution is -0.125. The number of hydrogen-bond donors (Lipinski definition) is 0. The molecule has 1 spiro atoms. The SMILES string of the molecule is CC1=NN(c2ccc(Cl)cc2)C(=O)[C@]12Cc1ccccc1N1CCCC[C@H]12. The Bertz CT molecular complexity index is 939. The summed E-state index contributed by atoms with van der Waals surface area (Å²) < 4.78 is 0. The third-order valence-electron chi connectivity index (χ3n) is 6.38. The van der Waals surface area contributed by atoms with Crippen molar-refractivity contribution in [1.82, 2.24) is 0 Å². The number of benzene rings is 2. The van der Waals surface area contributed by atoms with Crippen LogP contribution < -0.4 is 9.91 Å². The predicted octanol–water partition coefficient (Wildman–Crippen LogP) is 4.66. The first-order valence-corrected chi connectivity index (χ1v) is 9.99. The van der Waals surface area contributed by atoms with Gasteiger partial charge in [-0.15, -0.1) is 0 Å². The Labute approximate surface area is 164 Å². The monoisotopic (exact) mass is 379 g/mol. The van der Waals surface area contributed by atoms with Crippen LogP contribution in [0.1, 0.15) is 31.7 Å². The van der Waals surface area contributed by atoms with Crippen molar-refractivity contribution in [2.75, 3.05) is 16.5 Å². The average Bonchev–Trinajstić information content (AvgIpc) is 2.94. The first kappa shape index (κ1) is 16.8. The standard InChI is InChI=1S/C22H22ClN3O/c1-15-22(21(27)26(24-15)18-11-9-17(23)10-12-18)14-16-6-2-3-7-19(16)25-13-5-4-8-20(22)25/h2-3,6-7,9-12,20H,4-5,8,13-14H2,1H3/t20-,22+/m0/s1. The third kappa shape index (κ3) is 2.36. The van der Waals surface area contributed by atoms with Crippen LogP contribution in [0.25, 0.3) is 0 Å². The highest BCUT2D eigenvalue weighted by molar-refractivity contribution is 6.30. The molecule has 138 valence electrons. The number of fused-ring (bicyclic) bond motifs is 4. The molecule has 1 amide bonds. The summed E-state index contributed by atoms with van der Waals surface area (Å²) in [6.45, 7) is 3.03. The first-order chi connectivity index (χ1) is 13.1. The smallest absolute Gasteiger partial charge is 0.261 e. The van der Waals surface area contributed by atoms with Crippen molar-refractivity contribution in [3.05, 3.63) is 59.1 Å². The Hall–Kier alpha value is -2.33. The molecular formula is C22H22ClN3O. The van der Waals surface area contributed by atoms with Crippen molar-refractivity contribution in [1.29, 1.82) is 0 Å². The summed E-state index contributed by atoms with van der Waals surface area (Å²) in [5.41, 5.74) is 3.67. The Morgan fingerprint density at radius 1 is 1.11 bits per heavy atom. The van der Waals surface area contributed by atoms with E-state index in [0.29, 0.717) is 5.02 Å². The number of halogens is 1. The van der Waals surface area contributed by atoms with Crippen molar-refractivity contribution in [3.8, 4) is 0 Å². The van der Waals surface area contributed by atoms with Gasteiger partial charge in [0.2, 0.25) is 0 Å². The van der Waals surface area contributed by atoms with Gasteiger partial charge in [-0.2, -0.15) is 10.1 Å². The number of rotatable bonds is 1. The van der Waals surface area contributed by atoms with Gasteiger partial charge in [-0.1, -0.05) is 29.8 Å². The molecule has 0 bridgehead atoms. The Morgan fingerprint density at radius 2 is 1.89 bits per heavy atom. The van der Waals surface area contributed by atoms with Crippen LogP contribution in [0, 0.1) is 5.41 Å². The van der Waals surface area contributed by atoms with Crippen molar-refractivity contribution in [3.63, 3.8) is 0 Å². The van der Waals surface area contributed by atoms with E-state index in [2.05, 4.69) is 29.2 Å². The molecule has 2 atom stereocenters. The van der Waals surface area contributed by atoms with Crippen molar-refractivity contribution in [2.24, 2.45) is 10.5 Å². The van der Waals surface area contributed by atoms with Gasteiger partial charge in [0.1, 0.15) is 5.41 Å². The lowest BCUT2D eigenvalue weighted by Crippen LogP contribution is -2.61. The lowest BCUT2D eigenvalue weighted by atomic mass is 9.66. The fourth-order valence-corrected chi connectivity index (χ4v) is 5.19. The molecule has 27 heavy (non-hydrogen) atoms. The van der Waals surface area contributed by atoms with Crippen molar-refractivity contribution in [2.45, 2.75) is 38.6 Å². The number of hydrogen-bond acceptors (Lipinski definition) is 3. The van der Waals surface area contributed by atoms with Crippen LogP contribution in [0.15, 0.2) is 53.6 Å². The van der Waals surface area contributed by atoms with E-state index in [9.17, 15) is 4.79 Å². The molecule has 1 saturated heterocycles. The number of carbonyl (C=O) groups is 1. The molecule has 2 aromatic rings. The molecule has 2 aromatic carbocycles. The van der Waals surface area contributed by atoms with Gasteiger partial charge >= 0.3 is 0 Å². The second-order valence-electron chi connectivity index (χ2n) is 7.76. The minimum atomic E-state index is -0.575. The molecule has 4 nitrogen and oxygen atoms in total. The van der Waals surface area contributed by atoms with Crippen LogP contribution in [-0.4, -0.2) is 24.2 Å². The number of para-hydroxylation sites is 1. The zero-order valence-electron chi connectivity index (χ0n) is 15.4. The van der Waals surface area contributed by atoms with Gasteiger partial charge < -0.3 is 4.90 Å². The van der Waals surface area contributed by atoms with Crippen molar-refractivity contribution < 1.29 is 4.79 Å². The number of piperidine rings is 1. The molecule has 0 saturated carbocycles. The van der Waals surface area contributed by atoms with E-state index < -0.39 is 5.41 Å². The largest absolute Gasteiger partial charge is 0.367 e. The second-order valence-corrected chi connectivity index (χ2v) is 8.20. The van der Waals surface area contributed by atoms with E-state index in [1.807, 2.05) is 31.2 Å². The van der Waals surface area contributed by atoms with Crippen molar-refractivity contribution >= 4 is 34.6 Å². The molecule has 1 fully saturated rings. The van der Waals surface area contributed by atoms with Crippen LogP contribution in [0.2, 0.25) is 5.02 Å². The first-order valence-electron chi connectivity index (χ1n) is 9.61. The zero-order chi connectivity index (χ0) is 18.6. The number of nitrogens with zero attached hydrogens (tertiary/aromatic N) is 3. The van der Waals surface area contributed by atoms with Crippen LogP contribution >= 0.6 is 11.6 Å². The maximum absolute atomic E-state index is 13.8. The van der Waals surface area contributed by atoms with E-state index in [4.69, 9.17) is 16.7 Å². The normalized spacial score (nSPS) is 26.8. The summed E-state index contributed by atoms with van der Waals surface area (Å²) in [7, 11) is 0. The molecule has 3 aliphatic rings. The number of hydrazone groups is 1. The summed E-state index contributed by atoms with van der Waals surface area (Å²) in [5.74, 6) is 0.0914. The molecule has 0 aliphatic carbocycles. The van der Waals surface area contributed by atoms with E-state index in [-0.39, 0.29) is 11.9 Å². The summed E-state index contributed by atoms with van der Waals surface area (Å²) in [6.07, 6.45) is 4.09. The maximum Gasteiger partial charge on any atom is 0.261 e. The topological polar surface area (TPSA) is 35.9 Å². The van der Waals surface area contributed by atoms with E-state index in [1.54, 1.807) is 5.01 Å². The summed E-state index contributed by atoms with van der Waals surface area (Å²) in [6, 6.07) is 16.1. The third-order valence-corrected chi connectivity index (χ3v) is 6.63. The minimum absolute atomic E-state index is 0.0914. The molecule has 0 aromatic heterocycles. The van der Waals surface area contributed by atoms with Crippen LogP contribution in [-0.2, 0) is 11.2 Å². The summed E-state index contributed by atoms with van der Waals surface area (Å²) in [5, 5.41) is 6.99. The van der Waals surface area contributed by atoms with Crippen LogP contribution in [0.4, 0.5) is 11.4 Å². The van der Waals surface area contributed by atoms with E-state index in [1.165, 1.54) is 17.7 Å². The van der Waals surface area contributed by atoms with Gasteiger partial charge in [-0.25, -0.2) is 0 Å². The Balaban J connectivity index is 1.62. The highest BCUT2D eigenvalue weighted by Gasteiger charge is 2.58. The number of carbonyl (C=O) groups excluding carboxylic acids is 1. The van der Waals surface area contributed by atoms with E-state index in [0.717, 1.165) is 37.2 Å². The fourth-order valence-electron chi connectivity index (χ4n) is 5.06.